The van der Waals surface area contributed by atoms with Gasteiger partial charge in [0.2, 0.25) is 5.91 Å². The number of nitrogens with one attached hydrogen (secondary N) is 1. The van der Waals surface area contributed by atoms with Gasteiger partial charge in [-0.1, -0.05) is 25.0 Å². The number of benzene rings is 1. The largest absolute Gasteiger partial charge is 0.352 e. The van der Waals surface area contributed by atoms with Gasteiger partial charge >= 0.3 is 0 Å². The Morgan fingerprint density at radius 3 is 2.37 bits per heavy atom. The van der Waals surface area contributed by atoms with E-state index >= 15 is 0 Å². The van der Waals surface area contributed by atoms with Crippen LogP contribution in [-0.2, 0) is 4.79 Å². The zero-order valence-corrected chi connectivity index (χ0v) is 12.7. The molecule has 1 unspecified atom stereocenters. The van der Waals surface area contributed by atoms with Crippen LogP contribution >= 0.6 is 11.6 Å². The van der Waals surface area contributed by atoms with Crippen LogP contribution in [-0.4, -0.2) is 11.9 Å². The molecule has 1 atom stereocenters. The summed E-state index contributed by atoms with van der Waals surface area (Å²) in [4.78, 5) is 12.2. The smallest absolute Gasteiger partial charge is 0.242 e. The van der Waals surface area contributed by atoms with Crippen LogP contribution in [0.1, 0.15) is 53.3 Å². The molecule has 0 radical (unpaired) electrons. The summed E-state index contributed by atoms with van der Waals surface area (Å²) in [6, 6.07) is 4.46. The van der Waals surface area contributed by atoms with Crippen LogP contribution in [0.3, 0.4) is 0 Å². The maximum atomic E-state index is 12.2. The highest BCUT2D eigenvalue weighted by molar-refractivity contribution is 6.30. The van der Waals surface area contributed by atoms with Crippen LogP contribution in [0, 0.1) is 20.8 Å². The van der Waals surface area contributed by atoms with E-state index in [4.69, 9.17) is 11.6 Å². The van der Waals surface area contributed by atoms with Gasteiger partial charge in [0.15, 0.2) is 0 Å². The number of aryl methyl sites for hydroxylation is 3. The summed E-state index contributed by atoms with van der Waals surface area (Å²) >= 11 is 6.35. The predicted molar refractivity (Wildman–Crippen MR) is 79.6 cm³/mol. The fourth-order valence-electron chi connectivity index (χ4n) is 2.74. The van der Waals surface area contributed by atoms with Crippen molar-refractivity contribution in [2.75, 3.05) is 0 Å². The van der Waals surface area contributed by atoms with E-state index in [1.807, 2.05) is 13.0 Å². The molecule has 0 saturated heterocycles. The zero-order chi connectivity index (χ0) is 14.0. The fraction of sp³-hybridized carbons (Fsp3) is 0.562. The molecule has 0 bridgehead atoms. The number of alkyl halides is 1. The molecular formula is C16H22ClNO. The van der Waals surface area contributed by atoms with Crippen LogP contribution in [0.5, 0.6) is 0 Å². The Morgan fingerprint density at radius 2 is 1.74 bits per heavy atom. The second-order valence-electron chi connectivity index (χ2n) is 5.65. The molecule has 1 aromatic rings. The molecule has 1 aliphatic carbocycles. The Hall–Kier alpha value is -1.02. The lowest BCUT2D eigenvalue weighted by atomic mass is 9.98. The lowest BCUT2D eigenvalue weighted by Gasteiger charge is -2.18. The summed E-state index contributed by atoms with van der Waals surface area (Å²) in [6.45, 7) is 6.14. The molecule has 3 heteroatoms. The number of rotatable bonds is 3. The first-order valence-electron chi connectivity index (χ1n) is 7.01. The average molecular weight is 280 g/mol. The molecule has 0 aromatic heterocycles. The van der Waals surface area contributed by atoms with E-state index in [1.54, 1.807) is 0 Å². The Kier molecular flexibility index (Phi) is 4.51. The minimum absolute atomic E-state index is 0.0556. The molecule has 1 saturated carbocycles. The highest BCUT2D eigenvalue weighted by Gasteiger charge is 2.24. The number of hydrogen-bond donors (Lipinski definition) is 1. The first-order chi connectivity index (χ1) is 8.99. The molecule has 0 heterocycles. The van der Waals surface area contributed by atoms with Crippen molar-refractivity contribution < 1.29 is 4.79 Å². The summed E-state index contributed by atoms with van der Waals surface area (Å²) in [5.41, 5.74) is 4.44. The number of amides is 1. The lowest BCUT2D eigenvalue weighted by Crippen LogP contribution is -2.35. The second-order valence-corrected chi connectivity index (χ2v) is 6.08. The number of halogens is 1. The number of hydrogen-bond acceptors (Lipinski definition) is 1. The Balaban J connectivity index is 2.11. The van der Waals surface area contributed by atoms with Gasteiger partial charge in [0.05, 0.1) is 0 Å². The molecule has 1 amide bonds. The van der Waals surface area contributed by atoms with Gasteiger partial charge in [-0.15, -0.1) is 11.6 Å². The van der Waals surface area contributed by atoms with Crippen molar-refractivity contribution in [3.05, 3.63) is 34.4 Å². The van der Waals surface area contributed by atoms with Gasteiger partial charge < -0.3 is 5.32 Å². The van der Waals surface area contributed by atoms with E-state index in [1.165, 1.54) is 24.0 Å². The van der Waals surface area contributed by atoms with Gasteiger partial charge in [0.1, 0.15) is 5.38 Å². The Labute approximate surface area is 120 Å². The first-order valence-corrected chi connectivity index (χ1v) is 7.45. The van der Waals surface area contributed by atoms with Crippen molar-refractivity contribution in [3.63, 3.8) is 0 Å². The van der Waals surface area contributed by atoms with Gasteiger partial charge in [0, 0.05) is 6.04 Å². The van der Waals surface area contributed by atoms with Crippen molar-refractivity contribution in [2.45, 2.75) is 57.9 Å². The quantitative estimate of drug-likeness (QED) is 0.834. The van der Waals surface area contributed by atoms with Gasteiger partial charge in [-0.05, 0) is 55.9 Å². The predicted octanol–water partition coefficient (Wildman–Crippen LogP) is 3.95. The third kappa shape index (κ3) is 3.30. The average Bonchev–Trinajstić information content (AvgIpc) is 2.85. The van der Waals surface area contributed by atoms with Gasteiger partial charge in [0.25, 0.3) is 0 Å². The Morgan fingerprint density at radius 1 is 1.16 bits per heavy atom. The van der Waals surface area contributed by atoms with E-state index in [0.29, 0.717) is 6.04 Å². The summed E-state index contributed by atoms with van der Waals surface area (Å²) in [7, 11) is 0. The van der Waals surface area contributed by atoms with E-state index in [0.717, 1.165) is 24.0 Å². The van der Waals surface area contributed by atoms with Crippen LogP contribution in [0.25, 0.3) is 0 Å². The summed E-state index contributed by atoms with van der Waals surface area (Å²) in [5, 5.41) is 2.48. The molecule has 104 valence electrons. The van der Waals surface area contributed by atoms with Crippen molar-refractivity contribution >= 4 is 17.5 Å². The second kappa shape index (κ2) is 5.96. The first kappa shape index (κ1) is 14.4. The van der Waals surface area contributed by atoms with Crippen molar-refractivity contribution in [1.29, 1.82) is 0 Å². The highest BCUT2D eigenvalue weighted by atomic mass is 35.5. The van der Waals surface area contributed by atoms with Crippen molar-refractivity contribution in [3.8, 4) is 0 Å². The monoisotopic (exact) mass is 279 g/mol. The lowest BCUT2D eigenvalue weighted by molar-refractivity contribution is -0.121. The van der Waals surface area contributed by atoms with Crippen LogP contribution in [0.15, 0.2) is 12.1 Å². The standard InChI is InChI=1S/C16H22ClNO/c1-10-8-12(3)14(9-11(10)2)15(17)16(19)18-13-6-4-5-7-13/h8-9,13,15H,4-7H2,1-3H3,(H,18,19). The van der Waals surface area contributed by atoms with Crippen LogP contribution in [0.4, 0.5) is 0 Å². The topological polar surface area (TPSA) is 29.1 Å². The van der Waals surface area contributed by atoms with Crippen LogP contribution < -0.4 is 5.32 Å². The van der Waals surface area contributed by atoms with Crippen molar-refractivity contribution in [2.24, 2.45) is 0 Å². The normalized spacial score (nSPS) is 17.5. The fourth-order valence-corrected chi connectivity index (χ4v) is 3.04. The molecule has 2 nitrogen and oxygen atoms in total. The minimum Gasteiger partial charge on any atom is -0.352 e. The molecule has 19 heavy (non-hydrogen) atoms. The summed E-state index contributed by atoms with van der Waals surface area (Å²) < 4.78 is 0. The molecule has 0 spiro atoms. The van der Waals surface area contributed by atoms with E-state index < -0.39 is 5.38 Å². The summed E-state index contributed by atoms with van der Waals surface area (Å²) in [5.74, 6) is -0.0556. The number of carbonyl (C=O) groups excluding carboxylic acids is 1. The molecule has 1 aromatic carbocycles. The van der Waals surface area contributed by atoms with Gasteiger partial charge in [-0.2, -0.15) is 0 Å². The summed E-state index contributed by atoms with van der Waals surface area (Å²) in [6.07, 6.45) is 4.59. The maximum Gasteiger partial charge on any atom is 0.242 e. The molecule has 1 fully saturated rings. The maximum absolute atomic E-state index is 12.2. The molecule has 0 aliphatic heterocycles. The molecule has 2 rings (SSSR count). The molecular weight excluding hydrogens is 258 g/mol. The van der Waals surface area contributed by atoms with E-state index in [2.05, 4.69) is 25.2 Å². The molecule has 1 aliphatic rings. The van der Waals surface area contributed by atoms with Crippen LogP contribution in [0.2, 0.25) is 0 Å². The minimum atomic E-state index is -0.583. The number of carbonyl (C=O) groups is 1. The SMILES string of the molecule is Cc1cc(C)c(C(Cl)C(=O)NC2CCCC2)cc1C. The van der Waals surface area contributed by atoms with Crippen molar-refractivity contribution in [1.82, 2.24) is 5.32 Å². The van der Waals surface area contributed by atoms with Gasteiger partial charge in [-0.25, -0.2) is 0 Å². The van der Waals surface area contributed by atoms with Gasteiger partial charge in [-0.3, -0.25) is 4.79 Å². The Bertz CT molecular complexity index is 478. The van der Waals surface area contributed by atoms with E-state index in [-0.39, 0.29) is 5.91 Å². The van der Waals surface area contributed by atoms with E-state index in [9.17, 15) is 4.79 Å². The zero-order valence-electron chi connectivity index (χ0n) is 11.9. The highest BCUT2D eigenvalue weighted by Crippen LogP contribution is 2.28. The third-order valence-electron chi connectivity index (χ3n) is 4.09. The molecule has 1 N–H and O–H groups in total. The third-order valence-corrected chi connectivity index (χ3v) is 4.52.